The van der Waals surface area contributed by atoms with Crippen LogP contribution in [0.1, 0.15) is 26.3 Å². The molecule has 1 aliphatic heterocycles. The van der Waals surface area contributed by atoms with Gasteiger partial charge in [-0.05, 0) is 38.3 Å². The molecule has 0 saturated carbocycles. The van der Waals surface area contributed by atoms with Crippen molar-refractivity contribution in [1.82, 2.24) is 4.90 Å². The van der Waals surface area contributed by atoms with Crippen LogP contribution in [0.25, 0.3) is 0 Å². The molecule has 3 rings (SSSR count). The minimum absolute atomic E-state index is 0.205. The first-order valence-corrected chi connectivity index (χ1v) is 10.9. The lowest BCUT2D eigenvalue weighted by Gasteiger charge is -2.32. The molecule has 31 heavy (non-hydrogen) atoms. The predicted molar refractivity (Wildman–Crippen MR) is 117 cm³/mol. The first-order valence-electron chi connectivity index (χ1n) is 10.6. The number of para-hydroxylation sites is 1. The van der Waals surface area contributed by atoms with Crippen LogP contribution in [-0.2, 0) is 19.1 Å². The molecule has 168 valence electrons. The van der Waals surface area contributed by atoms with Crippen LogP contribution >= 0.6 is 11.6 Å². The number of carbonyl (C=O) groups is 3. The highest BCUT2D eigenvalue weighted by molar-refractivity contribution is 6.34. The van der Waals surface area contributed by atoms with Crippen LogP contribution in [-0.4, -0.2) is 53.1 Å². The minimum Gasteiger partial charge on any atom is -0.466 e. The van der Waals surface area contributed by atoms with E-state index in [1.807, 2.05) is 32.1 Å². The average Bonchev–Trinajstić information content (AvgIpc) is 3.02. The van der Waals surface area contributed by atoms with E-state index in [2.05, 4.69) is 5.32 Å². The molecule has 0 aromatic heterocycles. The van der Waals surface area contributed by atoms with Crippen molar-refractivity contribution in [2.75, 3.05) is 18.5 Å². The second kappa shape index (κ2) is 9.40. The molecule has 2 amide bonds. The van der Waals surface area contributed by atoms with Crippen LogP contribution in [0.5, 0.6) is 0 Å². The molecule has 7 nitrogen and oxygen atoms in total. The molecule has 2 aliphatic rings. The van der Waals surface area contributed by atoms with Gasteiger partial charge in [-0.1, -0.05) is 42.8 Å². The van der Waals surface area contributed by atoms with Crippen molar-refractivity contribution in [3.63, 3.8) is 0 Å². The molecule has 0 bridgehead atoms. The highest BCUT2D eigenvalue weighted by Crippen LogP contribution is 2.45. The van der Waals surface area contributed by atoms with E-state index in [-0.39, 0.29) is 25.0 Å². The maximum absolute atomic E-state index is 13.5. The third-order valence-corrected chi connectivity index (χ3v) is 6.56. The number of carbonyl (C=O) groups excluding carboxylic acids is 3. The van der Waals surface area contributed by atoms with Crippen LogP contribution in [0.4, 0.5) is 5.69 Å². The Labute approximate surface area is 187 Å². The molecule has 6 atom stereocenters. The zero-order valence-electron chi connectivity index (χ0n) is 18.2. The molecular formula is C23H29ClN2O5. The van der Waals surface area contributed by atoms with Crippen molar-refractivity contribution in [1.29, 1.82) is 0 Å². The van der Waals surface area contributed by atoms with Gasteiger partial charge in [0.2, 0.25) is 11.8 Å². The Morgan fingerprint density at radius 2 is 2.03 bits per heavy atom. The molecule has 0 radical (unpaired) electrons. The summed E-state index contributed by atoms with van der Waals surface area (Å²) in [5.74, 6) is -3.30. The van der Waals surface area contributed by atoms with Gasteiger partial charge in [0.25, 0.3) is 0 Å². The van der Waals surface area contributed by atoms with Crippen LogP contribution in [0.2, 0.25) is 5.02 Å². The lowest BCUT2D eigenvalue weighted by molar-refractivity contribution is -0.155. The van der Waals surface area contributed by atoms with Crippen LogP contribution in [0.3, 0.4) is 0 Å². The van der Waals surface area contributed by atoms with E-state index < -0.39 is 41.7 Å². The van der Waals surface area contributed by atoms with Crippen molar-refractivity contribution < 1.29 is 24.2 Å². The third-order valence-electron chi connectivity index (χ3n) is 6.25. The number of amides is 2. The van der Waals surface area contributed by atoms with E-state index in [4.69, 9.17) is 16.3 Å². The monoisotopic (exact) mass is 448 g/mol. The number of aryl methyl sites for hydroxylation is 1. The van der Waals surface area contributed by atoms with Gasteiger partial charge in [-0.2, -0.15) is 0 Å². The molecule has 1 fully saturated rings. The van der Waals surface area contributed by atoms with Crippen molar-refractivity contribution in [3.8, 4) is 0 Å². The predicted octanol–water partition coefficient (Wildman–Crippen LogP) is 2.80. The van der Waals surface area contributed by atoms with Gasteiger partial charge >= 0.3 is 5.97 Å². The van der Waals surface area contributed by atoms with Gasteiger partial charge in [0.15, 0.2) is 0 Å². The zero-order valence-corrected chi connectivity index (χ0v) is 18.9. The van der Waals surface area contributed by atoms with E-state index in [1.165, 1.54) is 4.90 Å². The molecule has 2 N–H and O–H groups in total. The minimum atomic E-state index is -0.879. The molecule has 1 heterocycles. The number of anilines is 1. The number of nitrogens with one attached hydrogen (secondary N) is 1. The Kier molecular flexibility index (Phi) is 7.06. The standard InChI is InChI=1S/C23H29ClN2O5/c1-5-31-23(30)17-12(2)9-10-15-18(17)22(29)26(14(4)11-27)20(15)21(28)25-19-13(3)7-6-8-16(19)24/h6-10,12,14-15,17-18,20,27H,5,11H2,1-4H3,(H,25,28)/t12-,14-,15+,17-,18-,20+/m1/s1. The largest absolute Gasteiger partial charge is 0.466 e. The number of hydrogen-bond donors (Lipinski definition) is 2. The van der Waals surface area contributed by atoms with Crippen LogP contribution < -0.4 is 5.32 Å². The van der Waals surface area contributed by atoms with E-state index in [9.17, 15) is 19.5 Å². The Hall–Kier alpha value is -2.38. The number of aliphatic hydroxyl groups is 1. The lowest BCUT2D eigenvalue weighted by atomic mass is 9.70. The fourth-order valence-electron chi connectivity index (χ4n) is 4.69. The van der Waals surface area contributed by atoms with Gasteiger partial charge in [0, 0.05) is 5.92 Å². The molecule has 8 heteroatoms. The van der Waals surface area contributed by atoms with E-state index >= 15 is 0 Å². The first kappa shape index (κ1) is 23.3. The number of halogens is 1. The van der Waals surface area contributed by atoms with E-state index in [0.29, 0.717) is 10.7 Å². The molecule has 1 aromatic carbocycles. The summed E-state index contributed by atoms with van der Waals surface area (Å²) in [6.45, 7) is 7.01. The second-order valence-corrected chi connectivity index (χ2v) is 8.68. The number of allylic oxidation sites excluding steroid dienone is 1. The van der Waals surface area contributed by atoms with Crippen molar-refractivity contribution >= 4 is 35.1 Å². The summed E-state index contributed by atoms with van der Waals surface area (Å²) in [6.07, 6.45) is 3.71. The highest BCUT2D eigenvalue weighted by atomic mass is 35.5. The Bertz CT molecular complexity index is 882. The molecule has 0 spiro atoms. The van der Waals surface area contributed by atoms with Crippen molar-refractivity contribution in [2.45, 2.75) is 39.8 Å². The number of rotatable bonds is 6. The second-order valence-electron chi connectivity index (χ2n) is 8.27. The van der Waals surface area contributed by atoms with Gasteiger partial charge in [-0.25, -0.2) is 0 Å². The summed E-state index contributed by atoms with van der Waals surface area (Å²) in [7, 11) is 0. The topological polar surface area (TPSA) is 95.9 Å². The number of fused-ring (bicyclic) bond motifs is 1. The zero-order chi connectivity index (χ0) is 22.9. The normalized spacial score (nSPS) is 28.3. The Balaban J connectivity index is 2.01. The van der Waals surface area contributed by atoms with E-state index in [0.717, 1.165) is 5.56 Å². The summed E-state index contributed by atoms with van der Waals surface area (Å²) in [4.78, 5) is 41.0. The van der Waals surface area contributed by atoms with Gasteiger partial charge in [-0.3, -0.25) is 14.4 Å². The summed E-state index contributed by atoms with van der Waals surface area (Å²) in [6, 6.07) is 3.83. The van der Waals surface area contributed by atoms with Gasteiger partial charge in [-0.15, -0.1) is 0 Å². The maximum atomic E-state index is 13.5. The fraction of sp³-hybridized carbons (Fsp3) is 0.522. The number of esters is 1. The molecule has 0 unspecified atom stereocenters. The third kappa shape index (κ3) is 4.21. The summed E-state index contributed by atoms with van der Waals surface area (Å²) >= 11 is 6.28. The lowest BCUT2D eigenvalue weighted by Crippen LogP contribution is -2.49. The van der Waals surface area contributed by atoms with Crippen LogP contribution in [0.15, 0.2) is 30.4 Å². The molecule has 1 saturated heterocycles. The Morgan fingerprint density at radius 1 is 1.32 bits per heavy atom. The molecule has 1 aliphatic carbocycles. The smallest absolute Gasteiger partial charge is 0.310 e. The number of likely N-dealkylation sites (tertiary alicyclic amines) is 1. The van der Waals surface area contributed by atoms with Crippen molar-refractivity contribution in [3.05, 3.63) is 40.9 Å². The SMILES string of the molecule is CCOC(=O)[C@H]1[C@@H]2C(=O)N([C@H](C)CO)[C@H](C(=O)Nc3c(C)cccc3Cl)[C@H]2C=C[C@H]1C. The number of ether oxygens (including phenoxy) is 1. The number of nitrogens with zero attached hydrogens (tertiary/aromatic N) is 1. The summed E-state index contributed by atoms with van der Waals surface area (Å²) in [5, 5.41) is 13.0. The number of hydrogen-bond acceptors (Lipinski definition) is 5. The summed E-state index contributed by atoms with van der Waals surface area (Å²) < 4.78 is 5.24. The fourth-order valence-corrected chi connectivity index (χ4v) is 4.96. The van der Waals surface area contributed by atoms with Crippen LogP contribution in [0, 0.1) is 30.6 Å². The quantitative estimate of drug-likeness (QED) is 0.515. The average molecular weight is 449 g/mol. The van der Waals surface area contributed by atoms with Gasteiger partial charge < -0.3 is 20.1 Å². The van der Waals surface area contributed by atoms with Gasteiger partial charge in [0.1, 0.15) is 6.04 Å². The number of benzene rings is 1. The first-order chi connectivity index (χ1) is 14.7. The Morgan fingerprint density at radius 3 is 2.65 bits per heavy atom. The summed E-state index contributed by atoms with van der Waals surface area (Å²) in [5.41, 5.74) is 1.28. The van der Waals surface area contributed by atoms with Gasteiger partial charge in [0.05, 0.1) is 41.8 Å². The molecular weight excluding hydrogens is 420 g/mol. The van der Waals surface area contributed by atoms with E-state index in [1.54, 1.807) is 26.0 Å². The molecule has 1 aromatic rings. The number of aliphatic hydroxyl groups excluding tert-OH is 1. The van der Waals surface area contributed by atoms with Crippen molar-refractivity contribution in [2.24, 2.45) is 23.7 Å². The maximum Gasteiger partial charge on any atom is 0.310 e. The highest BCUT2D eigenvalue weighted by Gasteiger charge is 2.58.